The van der Waals surface area contributed by atoms with Crippen molar-refractivity contribution >= 4 is 23.5 Å². The quantitative estimate of drug-likeness (QED) is 0.742. The number of amides is 2. The van der Waals surface area contributed by atoms with Crippen LogP contribution in [-0.4, -0.2) is 29.8 Å². The lowest BCUT2D eigenvalue weighted by Gasteiger charge is -2.12. The van der Waals surface area contributed by atoms with E-state index in [0.29, 0.717) is 0 Å². The Morgan fingerprint density at radius 2 is 2.00 bits per heavy atom. The molecule has 8 heteroatoms. The van der Waals surface area contributed by atoms with E-state index in [9.17, 15) is 18.0 Å². The maximum absolute atomic E-state index is 12.3. The SMILES string of the molecule is O=C(NCCO)Nc1ccccc1SC(F)(F)F. The molecule has 0 fully saturated rings. The fourth-order valence-corrected chi connectivity index (χ4v) is 1.74. The smallest absolute Gasteiger partial charge is 0.395 e. The number of carbonyl (C=O) groups is 1. The lowest BCUT2D eigenvalue weighted by atomic mass is 10.3. The number of aliphatic hydroxyl groups is 1. The van der Waals surface area contributed by atoms with E-state index >= 15 is 0 Å². The van der Waals surface area contributed by atoms with Gasteiger partial charge in [-0.05, 0) is 23.9 Å². The van der Waals surface area contributed by atoms with Crippen molar-refractivity contribution in [2.75, 3.05) is 18.5 Å². The first kappa shape index (κ1) is 14.7. The van der Waals surface area contributed by atoms with E-state index in [1.54, 1.807) is 0 Å². The number of aliphatic hydroxyl groups excluding tert-OH is 1. The van der Waals surface area contributed by atoms with Crippen LogP contribution in [0.3, 0.4) is 0 Å². The summed E-state index contributed by atoms with van der Waals surface area (Å²) in [6.07, 6.45) is 0. The lowest BCUT2D eigenvalue weighted by molar-refractivity contribution is -0.0328. The Morgan fingerprint density at radius 3 is 2.61 bits per heavy atom. The highest BCUT2D eigenvalue weighted by Crippen LogP contribution is 2.40. The molecular weight excluding hydrogens is 269 g/mol. The zero-order valence-corrected chi connectivity index (χ0v) is 9.94. The minimum absolute atomic E-state index is 0.0282. The average Bonchev–Trinajstić information content (AvgIpc) is 2.27. The Bertz CT molecular complexity index is 412. The zero-order valence-electron chi connectivity index (χ0n) is 9.12. The second-order valence-electron chi connectivity index (χ2n) is 3.15. The van der Waals surface area contributed by atoms with Gasteiger partial charge in [0.15, 0.2) is 0 Å². The molecule has 0 saturated carbocycles. The van der Waals surface area contributed by atoms with Gasteiger partial charge < -0.3 is 15.7 Å². The summed E-state index contributed by atoms with van der Waals surface area (Å²) in [4.78, 5) is 11.2. The molecule has 0 bridgehead atoms. The second kappa shape index (κ2) is 6.50. The van der Waals surface area contributed by atoms with Crippen LogP contribution in [0.1, 0.15) is 0 Å². The third kappa shape index (κ3) is 5.28. The van der Waals surface area contributed by atoms with Gasteiger partial charge in [0, 0.05) is 11.4 Å². The summed E-state index contributed by atoms with van der Waals surface area (Å²) < 4.78 is 36.8. The van der Waals surface area contributed by atoms with Gasteiger partial charge in [0.1, 0.15) is 0 Å². The number of urea groups is 1. The van der Waals surface area contributed by atoms with Crippen LogP contribution in [0.5, 0.6) is 0 Å². The maximum atomic E-state index is 12.3. The molecule has 3 N–H and O–H groups in total. The molecule has 1 aromatic rings. The Balaban J connectivity index is 2.73. The molecule has 1 rings (SSSR count). The number of carbonyl (C=O) groups excluding carboxylic acids is 1. The third-order valence-corrected chi connectivity index (χ3v) is 2.57. The number of halogens is 3. The standard InChI is InChI=1S/C10H11F3N2O2S/c11-10(12,13)18-8-4-2-1-3-7(8)15-9(17)14-5-6-16/h1-4,16H,5-6H2,(H2,14,15,17). The first-order valence-corrected chi connectivity index (χ1v) is 5.74. The first-order valence-electron chi connectivity index (χ1n) is 4.93. The van der Waals surface area contributed by atoms with E-state index in [1.165, 1.54) is 24.3 Å². The van der Waals surface area contributed by atoms with Crippen molar-refractivity contribution in [2.45, 2.75) is 10.4 Å². The Kier molecular flexibility index (Phi) is 5.29. The highest BCUT2D eigenvalue weighted by molar-refractivity contribution is 8.00. The summed E-state index contributed by atoms with van der Waals surface area (Å²) in [7, 11) is 0. The number of nitrogens with one attached hydrogen (secondary N) is 2. The van der Waals surface area contributed by atoms with Crippen molar-refractivity contribution in [2.24, 2.45) is 0 Å². The number of anilines is 1. The van der Waals surface area contributed by atoms with E-state index in [4.69, 9.17) is 5.11 Å². The Labute approximate surface area is 106 Å². The van der Waals surface area contributed by atoms with Gasteiger partial charge in [-0.25, -0.2) is 4.79 Å². The molecular formula is C10H11F3N2O2S. The fraction of sp³-hybridized carbons (Fsp3) is 0.300. The fourth-order valence-electron chi connectivity index (χ4n) is 1.12. The van der Waals surface area contributed by atoms with E-state index in [2.05, 4.69) is 10.6 Å². The van der Waals surface area contributed by atoms with Gasteiger partial charge in [0.2, 0.25) is 0 Å². The number of hydrogen-bond donors (Lipinski definition) is 3. The summed E-state index contributed by atoms with van der Waals surface area (Å²) >= 11 is -0.299. The summed E-state index contributed by atoms with van der Waals surface area (Å²) in [5.74, 6) is 0. The van der Waals surface area contributed by atoms with Gasteiger partial charge in [-0.15, -0.1) is 0 Å². The molecule has 0 aliphatic rings. The monoisotopic (exact) mass is 280 g/mol. The summed E-state index contributed by atoms with van der Waals surface area (Å²) in [5, 5.41) is 13.1. The van der Waals surface area contributed by atoms with Crippen LogP contribution >= 0.6 is 11.8 Å². The van der Waals surface area contributed by atoms with Gasteiger partial charge in [-0.2, -0.15) is 13.2 Å². The van der Waals surface area contributed by atoms with Gasteiger partial charge >= 0.3 is 11.5 Å². The van der Waals surface area contributed by atoms with Crippen LogP contribution < -0.4 is 10.6 Å². The van der Waals surface area contributed by atoms with Gasteiger partial charge in [-0.3, -0.25) is 0 Å². The molecule has 1 aromatic carbocycles. The highest BCUT2D eigenvalue weighted by atomic mass is 32.2. The number of hydrogen-bond acceptors (Lipinski definition) is 3. The molecule has 0 spiro atoms. The molecule has 0 unspecified atom stereocenters. The van der Waals surface area contributed by atoms with Crippen molar-refractivity contribution in [3.8, 4) is 0 Å². The molecule has 0 saturated heterocycles. The topological polar surface area (TPSA) is 61.4 Å². The van der Waals surface area contributed by atoms with Crippen molar-refractivity contribution < 1.29 is 23.1 Å². The zero-order chi connectivity index (χ0) is 13.6. The Morgan fingerprint density at radius 1 is 1.33 bits per heavy atom. The average molecular weight is 280 g/mol. The predicted octanol–water partition coefficient (Wildman–Crippen LogP) is 2.41. The number of para-hydroxylation sites is 1. The molecule has 0 aromatic heterocycles. The van der Waals surface area contributed by atoms with Crippen LogP contribution in [-0.2, 0) is 0 Å². The van der Waals surface area contributed by atoms with Crippen molar-refractivity contribution in [3.63, 3.8) is 0 Å². The molecule has 2 amide bonds. The first-order chi connectivity index (χ1) is 8.42. The second-order valence-corrected chi connectivity index (χ2v) is 4.26. The molecule has 0 heterocycles. The highest BCUT2D eigenvalue weighted by Gasteiger charge is 2.30. The van der Waals surface area contributed by atoms with Crippen molar-refractivity contribution in [1.82, 2.24) is 5.32 Å². The molecule has 0 aliphatic carbocycles. The largest absolute Gasteiger partial charge is 0.446 e. The summed E-state index contributed by atoms with van der Waals surface area (Å²) in [5.41, 5.74) is -4.35. The minimum Gasteiger partial charge on any atom is -0.395 e. The van der Waals surface area contributed by atoms with Crippen molar-refractivity contribution in [1.29, 1.82) is 0 Å². The Hall–Kier alpha value is -1.41. The number of benzene rings is 1. The summed E-state index contributed by atoms with van der Waals surface area (Å²) in [6.45, 7) is -0.215. The van der Waals surface area contributed by atoms with Crippen molar-refractivity contribution in [3.05, 3.63) is 24.3 Å². The number of alkyl halides is 3. The molecule has 0 atom stereocenters. The molecule has 100 valence electrons. The summed E-state index contributed by atoms with van der Waals surface area (Å²) in [6, 6.07) is 4.93. The minimum atomic E-state index is -4.42. The number of rotatable bonds is 4. The van der Waals surface area contributed by atoms with E-state index in [-0.39, 0.29) is 35.5 Å². The maximum Gasteiger partial charge on any atom is 0.446 e. The third-order valence-electron chi connectivity index (χ3n) is 1.76. The van der Waals surface area contributed by atoms with E-state index < -0.39 is 11.5 Å². The van der Waals surface area contributed by atoms with Crippen LogP contribution in [0.15, 0.2) is 29.2 Å². The molecule has 4 nitrogen and oxygen atoms in total. The van der Waals surface area contributed by atoms with Crippen LogP contribution in [0, 0.1) is 0 Å². The van der Waals surface area contributed by atoms with Gasteiger partial charge in [-0.1, -0.05) is 12.1 Å². The molecule has 0 radical (unpaired) electrons. The lowest BCUT2D eigenvalue weighted by Crippen LogP contribution is -2.31. The van der Waals surface area contributed by atoms with E-state index in [1.807, 2.05) is 0 Å². The normalized spacial score (nSPS) is 11.1. The van der Waals surface area contributed by atoms with Gasteiger partial charge in [0.25, 0.3) is 0 Å². The van der Waals surface area contributed by atoms with Crippen LogP contribution in [0.2, 0.25) is 0 Å². The number of thioether (sulfide) groups is 1. The van der Waals surface area contributed by atoms with Gasteiger partial charge in [0.05, 0.1) is 12.3 Å². The van der Waals surface area contributed by atoms with Crippen LogP contribution in [0.25, 0.3) is 0 Å². The molecule has 18 heavy (non-hydrogen) atoms. The van der Waals surface area contributed by atoms with Crippen LogP contribution in [0.4, 0.5) is 23.7 Å². The predicted molar refractivity (Wildman–Crippen MR) is 62.5 cm³/mol. The van der Waals surface area contributed by atoms with E-state index in [0.717, 1.165) is 0 Å². The molecule has 0 aliphatic heterocycles.